The van der Waals surface area contributed by atoms with Crippen molar-refractivity contribution in [1.29, 1.82) is 0 Å². The highest BCUT2D eigenvalue weighted by atomic mass is 16.5. The van der Waals surface area contributed by atoms with E-state index in [9.17, 15) is 4.79 Å². The van der Waals surface area contributed by atoms with Crippen LogP contribution in [0.5, 0.6) is 11.5 Å². The zero-order valence-corrected chi connectivity index (χ0v) is 15.2. The third-order valence-electron chi connectivity index (χ3n) is 4.14. The van der Waals surface area contributed by atoms with Crippen molar-refractivity contribution in [1.82, 2.24) is 4.98 Å². The van der Waals surface area contributed by atoms with Crippen molar-refractivity contribution >= 4 is 22.7 Å². The number of para-hydroxylation sites is 2. The third kappa shape index (κ3) is 3.96. The van der Waals surface area contributed by atoms with Crippen LogP contribution in [0.15, 0.2) is 77.2 Å². The molecule has 0 saturated carbocycles. The Kier molecular flexibility index (Phi) is 4.93. The lowest BCUT2D eigenvalue weighted by molar-refractivity contribution is -0.118. The Morgan fingerprint density at radius 2 is 1.68 bits per heavy atom. The van der Waals surface area contributed by atoms with Crippen LogP contribution in [0.1, 0.15) is 0 Å². The summed E-state index contributed by atoms with van der Waals surface area (Å²) in [4.78, 5) is 16.6. The van der Waals surface area contributed by atoms with Crippen LogP contribution in [-0.4, -0.2) is 24.6 Å². The standard InChI is InChI=1S/C22H18N2O4/c1-26-17-10-12-18(13-11-17)27-14-21(25)23-16-8-6-15(7-9-16)22-24-19-4-2-3-5-20(19)28-22/h2-13H,14H2,1H3,(H,23,25). The van der Waals surface area contributed by atoms with Crippen LogP contribution in [0.4, 0.5) is 5.69 Å². The first-order valence-electron chi connectivity index (χ1n) is 8.74. The lowest BCUT2D eigenvalue weighted by Gasteiger charge is -2.08. The number of hydrogen-bond acceptors (Lipinski definition) is 5. The highest BCUT2D eigenvalue weighted by Gasteiger charge is 2.09. The van der Waals surface area contributed by atoms with Crippen molar-refractivity contribution in [3.05, 3.63) is 72.8 Å². The van der Waals surface area contributed by atoms with Gasteiger partial charge in [-0.1, -0.05) is 12.1 Å². The molecular formula is C22H18N2O4. The Hall–Kier alpha value is -3.80. The van der Waals surface area contributed by atoms with Crippen molar-refractivity contribution in [2.45, 2.75) is 0 Å². The number of benzene rings is 3. The number of rotatable bonds is 6. The molecule has 4 rings (SSSR count). The zero-order valence-electron chi connectivity index (χ0n) is 15.2. The van der Waals surface area contributed by atoms with Gasteiger partial charge in [0, 0.05) is 11.3 Å². The minimum atomic E-state index is -0.245. The van der Waals surface area contributed by atoms with E-state index in [1.54, 1.807) is 43.5 Å². The first-order valence-corrected chi connectivity index (χ1v) is 8.74. The SMILES string of the molecule is COc1ccc(OCC(=O)Nc2ccc(-c3nc4ccccc4o3)cc2)cc1. The van der Waals surface area contributed by atoms with Crippen molar-refractivity contribution in [2.75, 3.05) is 19.0 Å². The summed E-state index contributed by atoms with van der Waals surface area (Å²) < 4.78 is 16.3. The Morgan fingerprint density at radius 1 is 0.964 bits per heavy atom. The molecule has 0 atom stereocenters. The molecule has 28 heavy (non-hydrogen) atoms. The predicted molar refractivity (Wildman–Crippen MR) is 107 cm³/mol. The molecule has 6 heteroatoms. The zero-order chi connectivity index (χ0) is 19.3. The molecule has 0 radical (unpaired) electrons. The first kappa shape index (κ1) is 17.6. The van der Waals surface area contributed by atoms with Crippen molar-refractivity contribution < 1.29 is 18.7 Å². The van der Waals surface area contributed by atoms with E-state index in [-0.39, 0.29) is 12.5 Å². The Labute approximate surface area is 161 Å². The number of anilines is 1. The summed E-state index contributed by atoms with van der Waals surface area (Å²) in [7, 11) is 1.60. The van der Waals surface area contributed by atoms with E-state index in [1.165, 1.54) is 0 Å². The number of fused-ring (bicyclic) bond motifs is 1. The van der Waals surface area contributed by atoms with Gasteiger partial charge in [-0.3, -0.25) is 4.79 Å². The maximum atomic E-state index is 12.1. The van der Waals surface area contributed by atoms with Crippen LogP contribution in [0.25, 0.3) is 22.6 Å². The lowest BCUT2D eigenvalue weighted by atomic mass is 10.2. The number of amides is 1. The van der Waals surface area contributed by atoms with E-state index >= 15 is 0 Å². The number of aromatic nitrogens is 1. The van der Waals surface area contributed by atoms with E-state index in [1.807, 2.05) is 36.4 Å². The summed E-state index contributed by atoms with van der Waals surface area (Å²) in [6.45, 7) is -0.0841. The van der Waals surface area contributed by atoms with E-state index < -0.39 is 0 Å². The van der Waals surface area contributed by atoms with E-state index in [2.05, 4.69) is 10.3 Å². The summed E-state index contributed by atoms with van der Waals surface area (Å²) >= 11 is 0. The molecule has 1 N–H and O–H groups in total. The number of carbonyl (C=O) groups is 1. The highest BCUT2D eigenvalue weighted by Crippen LogP contribution is 2.25. The van der Waals surface area contributed by atoms with Crippen LogP contribution in [0.3, 0.4) is 0 Å². The molecule has 1 heterocycles. The molecule has 0 bridgehead atoms. The second-order valence-corrected chi connectivity index (χ2v) is 6.08. The molecule has 0 fully saturated rings. The number of oxazole rings is 1. The number of methoxy groups -OCH3 is 1. The molecule has 0 aliphatic heterocycles. The fraction of sp³-hybridized carbons (Fsp3) is 0.0909. The second-order valence-electron chi connectivity index (χ2n) is 6.08. The fourth-order valence-corrected chi connectivity index (χ4v) is 2.71. The molecule has 1 aromatic heterocycles. The summed E-state index contributed by atoms with van der Waals surface area (Å²) in [5, 5.41) is 2.80. The molecule has 4 aromatic rings. The van der Waals surface area contributed by atoms with Crippen molar-refractivity contribution in [2.24, 2.45) is 0 Å². The van der Waals surface area contributed by atoms with Gasteiger partial charge in [0.25, 0.3) is 5.91 Å². The molecule has 0 aliphatic carbocycles. The van der Waals surface area contributed by atoms with Crippen molar-refractivity contribution in [3.63, 3.8) is 0 Å². The summed E-state index contributed by atoms with van der Waals surface area (Å²) in [5.74, 6) is 1.63. The van der Waals surface area contributed by atoms with Gasteiger partial charge in [-0.05, 0) is 60.7 Å². The van der Waals surface area contributed by atoms with Gasteiger partial charge >= 0.3 is 0 Å². The fourth-order valence-electron chi connectivity index (χ4n) is 2.71. The number of nitrogens with one attached hydrogen (secondary N) is 1. The van der Waals surface area contributed by atoms with Gasteiger partial charge in [0.05, 0.1) is 7.11 Å². The molecule has 1 amide bonds. The third-order valence-corrected chi connectivity index (χ3v) is 4.14. The Balaban J connectivity index is 1.36. The Morgan fingerprint density at radius 3 is 2.39 bits per heavy atom. The minimum absolute atomic E-state index is 0.0841. The van der Waals surface area contributed by atoms with E-state index in [4.69, 9.17) is 13.9 Å². The highest BCUT2D eigenvalue weighted by molar-refractivity contribution is 5.92. The topological polar surface area (TPSA) is 73.6 Å². The van der Waals surface area contributed by atoms with Gasteiger partial charge in [0.1, 0.15) is 17.0 Å². The van der Waals surface area contributed by atoms with Crippen LogP contribution >= 0.6 is 0 Å². The summed E-state index contributed by atoms with van der Waals surface area (Å²) in [6.07, 6.45) is 0. The normalized spacial score (nSPS) is 10.6. The molecule has 140 valence electrons. The largest absolute Gasteiger partial charge is 0.497 e. The second kappa shape index (κ2) is 7.84. The van der Waals surface area contributed by atoms with Crippen LogP contribution in [0, 0.1) is 0 Å². The van der Waals surface area contributed by atoms with Gasteiger partial charge in [0.2, 0.25) is 5.89 Å². The maximum Gasteiger partial charge on any atom is 0.262 e. The number of hydrogen-bond donors (Lipinski definition) is 1. The summed E-state index contributed by atoms with van der Waals surface area (Å²) in [5.41, 5.74) is 3.06. The van der Waals surface area contributed by atoms with Gasteiger partial charge in [0.15, 0.2) is 12.2 Å². The van der Waals surface area contributed by atoms with E-state index in [0.29, 0.717) is 17.3 Å². The number of nitrogens with zero attached hydrogens (tertiary/aromatic N) is 1. The van der Waals surface area contributed by atoms with Crippen molar-refractivity contribution in [3.8, 4) is 23.0 Å². The lowest BCUT2D eigenvalue weighted by Crippen LogP contribution is -2.20. The molecule has 3 aromatic carbocycles. The minimum Gasteiger partial charge on any atom is -0.497 e. The quantitative estimate of drug-likeness (QED) is 0.537. The van der Waals surface area contributed by atoms with Crippen LogP contribution in [0.2, 0.25) is 0 Å². The smallest absolute Gasteiger partial charge is 0.262 e. The van der Waals surface area contributed by atoms with Gasteiger partial charge in [-0.25, -0.2) is 4.98 Å². The summed E-state index contributed by atoms with van der Waals surface area (Å²) in [6, 6.07) is 22.0. The van der Waals surface area contributed by atoms with Gasteiger partial charge in [-0.15, -0.1) is 0 Å². The number of ether oxygens (including phenoxy) is 2. The monoisotopic (exact) mass is 374 g/mol. The van der Waals surface area contributed by atoms with Crippen LogP contribution in [-0.2, 0) is 4.79 Å². The van der Waals surface area contributed by atoms with Gasteiger partial charge in [-0.2, -0.15) is 0 Å². The van der Waals surface area contributed by atoms with Crippen LogP contribution < -0.4 is 14.8 Å². The molecule has 0 aliphatic rings. The average molecular weight is 374 g/mol. The predicted octanol–water partition coefficient (Wildman–Crippen LogP) is 4.52. The average Bonchev–Trinajstić information content (AvgIpc) is 3.17. The molecule has 0 spiro atoms. The molecular weight excluding hydrogens is 356 g/mol. The molecule has 0 unspecified atom stereocenters. The molecule has 6 nitrogen and oxygen atoms in total. The number of carbonyl (C=O) groups excluding carboxylic acids is 1. The Bertz CT molecular complexity index is 1050. The van der Waals surface area contributed by atoms with E-state index in [0.717, 1.165) is 22.4 Å². The van der Waals surface area contributed by atoms with Gasteiger partial charge < -0.3 is 19.2 Å². The molecule has 0 saturated heterocycles. The first-order chi connectivity index (χ1) is 13.7. The maximum absolute atomic E-state index is 12.1.